The number of hydrogen-bond acceptors (Lipinski definition) is 3. The summed E-state index contributed by atoms with van der Waals surface area (Å²) >= 11 is 0. The predicted molar refractivity (Wildman–Crippen MR) is 89.0 cm³/mol. The van der Waals surface area contributed by atoms with Crippen molar-refractivity contribution >= 4 is 24.2 Å². The Morgan fingerprint density at radius 2 is 1.57 bits per heavy atom. The first-order chi connectivity index (χ1) is 10.3. The Labute approximate surface area is 142 Å². The molecule has 0 spiro atoms. The van der Waals surface area contributed by atoms with E-state index in [-0.39, 0.29) is 30.0 Å². The summed E-state index contributed by atoms with van der Waals surface area (Å²) in [4.78, 5) is 28.0. The molecule has 0 radical (unpaired) electrons. The first kappa shape index (κ1) is 19.4. The fraction of sp³-hybridized carbons (Fsp3) is 0.500. The van der Waals surface area contributed by atoms with Crippen molar-refractivity contribution in [2.45, 2.75) is 25.8 Å². The van der Waals surface area contributed by atoms with Gasteiger partial charge in [0.15, 0.2) is 0 Å². The molecule has 1 fully saturated rings. The van der Waals surface area contributed by atoms with E-state index in [0.717, 1.165) is 0 Å². The van der Waals surface area contributed by atoms with Gasteiger partial charge in [0.1, 0.15) is 5.82 Å². The smallest absolute Gasteiger partial charge is 0.253 e. The highest BCUT2D eigenvalue weighted by Gasteiger charge is 2.30. The first-order valence-corrected chi connectivity index (χ1v) is 7.42. The van der Waals surface area contributed by atoms with Crippen LogP contribution in [0.4, 0.5) is 4.39 Å². The molecule has 0 unspecified atom stereocenters. The molecular formula is C16H23ClFN3O2. The number of carbonyl (C=O) groups excluding carboxylic acids is 2. The van der Waals surface area contributed by atoms with E-state index < -0.39 is 5.54 Å². The molecule has 0 bridgehead atoms. The Morgan fingerprint density at radius 1 is 1.04 bits per heavy atom. The minimum absolute atomic E-state index is 0. The molecular weight excluding hydrogens is 321 g/mol. The second-order valence-electron chi connectivity index (χ2n) is 6.17. The van der Waals surface area contributed by atoms with E-state index in [1.807, 2.05) is 0 Å². The van der Waals surface area contributed by atoms with Gasteiger partial charge in [0.2, 0.25) is 5.91 Å². The van der Waals surface area contributed by atoms with Gasteiger partial charge in [0.25, 0.3) is 5.91 Å². The Bertz CT molecular complexity index is 557. The van der Waals surface area contributed by atoms with E-state index in [1.165, 1.54) is 24.3 Å². The lowest BCUT2D eigenvalue weighted by atomic mass is 10.1. The van der Waals surface area contributed by atoms with Gasteiger partial charge in [-0.25, -0.2) is 4.39 Å². The quantitative estimate of drug-likeness (QED) is 0.888. The van der Waals surface area contributed by atoms with Gasteiger partial charge in [-0.05, 0) is 44.5 Å². The molecule has 1 aromatic carbocycles. The lowest BCUT2D eigenvalue weighted by Crippen LogP contribution is -2.52. The van der Waals surface area contributed by atoms with Crippen LogP contribution in [-0.4, -0.2) is 53.3 Å². The van der Waals surface area contributed by atoms with Gasteiger partial charge in [0, 0.05) is 31.7 Å². The molecule has 5 nitrogen and oxygen atoms in total. The molecule has 2 amide bonds. The summed E-state index contributed by atoms with van der Waals surface area (Å²) in [6, 6.07) is 5.51. The van der Waals surface area contributed by atoms with Crippen LogP contribution in [0.15, 0.2) is 24.3 Å². The number of rotatable bonds is 2. The van der Waals surface area contributed by atoms with E-state index in [9.17, 15) is 14.0 Å². The highest BCUT2D eigenvalue weighted by Crippen LogP contribution is 2.12. The van der Waals surface area contributed by atoms with Gasteiger partial charge in [0.05, 0.1) is 5.54 Å². The maximum absolute atomic E-state index is 12.9. The van der Waals surface area contributed by atoms with Crippen LogP contribution in [0.5, 0.6) is 0 Å². The molecule has 0 saturated carbocycles. The monoisotopic (exact) mass is 343 g/mol. The lowest BCUT2D eigenvalue weighted by Gasteiger charge is -2.28. The van der Waals surface area contributed by atoms with E-state index >= 15 is 0 Å². The molecule has 1 heterocycles. The lowest BCUT2D eigenvalue weighted by molar-refractivity contribution is -0.135. The molecule has 128 valence electrons. The van der Waals surface area contributed by atoms with Gasteiger partial charge in [-0.2, -0.15) is 0 Å². The average Bonchev–Trinajstić information content (AvgIpc) is 2.71. The predicted octanol–water partition coefficient (Wildman–Crippen LogP) is 1.66. The van der Waals surface area contributed by atoms with E-state index in [0.29, 0.717) is 38.2 Å². The largest absolute Gasteiger partial charge is 0.339 e. The molecule has 7 heteroatoms. The first-order valence-electron chi connectivity index (χ1n) is 7.42. The summed E-state index contributed by atoms with van der Waals surface area (Å²) in [6.07, 6.45) is 0.703. The Kier molecular flexibility index (Phi) is 6.53. The zero-order chi connectivity index (χ0) is 16.3. The summed E-state index contributed by atoms with van der Waals surface area (Å²) in [6.45, 7) is 5.45. The highest BCUT2D eigenvalue weighted by molar-refractivity contribution is 5.94. The molecule has 1 saturated heterocycles. The zero-order valence-electron chi connectivity index (χ0n) is 13.4. The van der Waals surface area contributed by atoms with Gasteiger partial charge in [-0.15, -0.1) is 12.4 Å². The van der Waals surface area contributed by atoms with Crippen molar-refractivity contribution in [2.75, 3.05) is 26.2 Å². The molecule has 2 N–H and O–H groups in total. The summed E-state index contributed by atoms with van der Waals surface area (Å²) in [5.41, 5.74) is 5.41. The van der Waals surface area contributed by atoms with Crippen LogP contribution in [0.25, 0.3) is 0 Å². The van der Waals surface area contributed by atoms with E-state index in [1.54, 1.807) is 23.6 Å². The number of nitrogens with zero attached hydrogens (tertiary/aromatic N) is 2. The molecule has 23 heavy (non-hydrogen) atoms. The highest BCUT2D eigenvalue weighted by atomic mass is 35.5. The molecule has 0 aliphatic carbocycles. The maximum Gasteiger partial charge on any atom is 0.253 e. The summed E-state index contributed by atoms with van der Waals surface area (Å²) in [5.74, 6) is -0.612. The van der Waals surface area contributed by atoms with Gasteiger partial charge in [-0.1, -0.05) is 0 Å². The van der Waals surface area contributed by atoms with Gasteiger partial charge >= 0.3 is 0 Å². The van der Waals surface area contributed by atoms with Crippen molar-refractivity contribution in [1.29, 1.82) is 0 Å². The summed E-state index contributed by atoms with van der Waals surface area (Å²) in [5, 5.41) is 0. The van der Waals surface area contributed by atoms with Crippen molar-refractivity contribution in [3.8, 4) is 0 Å². The summed E-state index contributed by atoms with van der Waals surface area (Å²) < 4.78 is 12.9. The second-order valence-corrected chi connectivity index (χ2v) is 6.17. The van der Waals surface area contributed by atoms with Gasteiger partial charge < -0.3 is 15.5 Å². The molecule has 1 aliphatic heterocycles. The van der Waals surface area contributed by atoms with Crippen molar-refractivity contribution in [2.24, 2.45) is 5.73 Å². The standard InChI is InChI=1S/C16H22FN3O2.ClH/c1-16(2,18)15(22)20-9-3-8-19(10-11-20)14(21)12-4-6-13(17)7-5-12;/h4-7H,3,8-11,18H2,1-2H3;1H. The van der Waals surface area contributed by atoms with Crippen LogP contribution in [0.2, 0.25) is 0 Å². The Balaban J connectivity index is 0.00000264. The molecule has 0 aromatic heterocycles. The van der Waals surface area contributed by atoms with Crippen molar-refractivity contribution in [3.05, 3.63) is 35.6 Å². The fourth-order valence-corrected chi connectivity index (χ4v) is 2.51. The number of benzene rings is 1. The molecule has 0 atom stereocenters. The molecule has 2 rings (SSSR count). The van der Waals surface area contributed by atoms with Crippen LogP contribution in [0, 0.1) is 5.82 Å². The van der Waals surface area contributed by atoms with E-state index in [4.69, 9.17) is 5.73 Å². The molecule has 1 aromatic rings. The van der Waals surface area contributed by atoms with Crippen molar-refractivity contribution < 1.29 is 14.0 Å². The minimum atomic E-state index is -0.907. The topological polar surface area (TPSA) is 66.6 Å². The SMILES string of the molecule is CC(C)(N)C(=O)N1CCCN(C(=O)c2ccc(F)cc2)CC1.Cl. The van der Waals surface area contributed by atoms with Crippen LogP contribution >= 0.6 is 12.4 Å². The maximum atomic E-state index is 12.9. The van der Waals surface area contributed by atoms with Crippen LogP contribution in [0.3, 0.4) is 0 Å². The number of halogens is 2. The molecule has 1 aliphatic rings. The fourth-order valence-electron chi connectivity index (χ4n) is 2.51. The third kappa shape index (κ3) is 4.91. The van der Waals surface area contributed by atoms with E-state index in [2.05, 4.69) is 0 Å². The number of carbonyl (C=O) groups is 2. The Hall–Kier alpha value is -1.66. The second kappa shape index (κ2) is 7.75. The van der Waals surface area contributed by atoms with Crippen LogP contribution < -0.4 is 5.73 Å². The number of nitrogens with two attached hydrogens (primary N) is 1. The summed E-state index contributed by atoms with van der Waals surface area (Å²) in [7, 11) is 0. The zero-order valence-corrected chi connectivity index (χ0v) is 14.2. The third-order valence-corrected chi connectivity index (χ3v) is 3.71. The van der Waals surface area contributed by atoms with Crippen molar-refractivity contribution in [1.82, 2.24) is 9.80 Å². The number of hydrogen-bond donors (Lipinski definition) is 1. The normalized spacial score (nSPS) is 15.7. The average molecular weight is 344 g/mol. The number of amides is 2. The van der Waals surface area contributed by atoms with Gasteiger partial charge in [-0.3, -0.25) is 9.59 Å². The minimum Gasteiger partial charge on any atom is -0.339 e. The Morgan fingerprint density at radius 3 is 2.13 bits per heavy atom. The van der Waals surface area contributed by atoms with Crippen LogP contribution in [0.1, 0.15) is 30.6 Å². The third-order valence-electron chi connectivity index (χ3n) is 3.71. The van der Waals surface area contributed by atoms with Crippen LogP contribution in [-0.2, 0) is 4.79 Å². The van der Waals surface area contributed by atoms with Crippen molar-refractivity contribution in [3.63, 3.8) is 0 Å².